The number of ether oxygens (including phenoxy) is 1. The quantitative estimate of drug-likeness (QED) is 0.702. The second-order valence-electron chi connectivity index (χ2n) is 2.22. The zero-order chi connectivity index (χ0) is 9.14. The lowest BCUT2D eigenvalue weighted by atomic mass is 10.2. The number of hydrogen-bond donors (Lipinski definition) is 1. The van der Waals surface area contributed by atoms with Crippen molar-refractivity contribution in [3.63, 3.8) is 0 Å². The zero-order valence-corrected chi connectivity index (χ0v) is 7.59. The van der Waals surface area contributed by atoms with Gasteiger partial charge in [0.25, 0.3) is 0 Å². The predicted molar refractivity (Wildman–Crippen MR) is 44.3 cm³/mol. The summed E-state index contributed by atoms with van der Waals surface area (Å²) in [5, 5.41) is 9.04. The van der Waals surface area contributed by atoms with Crippen LogP contribution in [0.1, 0.15) is 11.3 Å². The molecule has 1 aromatic rings. The second-order valence-corrected chi connectivity index (χ2v) is 2.56. The monoisotopic (exact) mass is 188 g/mol. The van der Waals surface area contributed by atoms with Gasteiger partial charge in [-0.1, -0.05) is 0 Å². The van der Waals surface area contributed by atoms with E-state index in [1.165, 1.54) is 7.11 Å². The summed E-state index contributed by atoms with van der Waals surface area (Å²) in [6.45, 7) is 1.59. The van der Waals surface area contributed by atoms with Crippen molar-refractivity contribution in [1.82, 2.24) is 9.97 Å². The Bertz CT molecular complexity index is 291. The highest BCUT2D eigenvalue weighted by Gasteiger charge is 2.09. The molecule has 1 rings (SSSR count). The van der Waals surface area contributed by atoms with Crippen molar-refractivity contribution in [1.29, 1.82) is 0 Å². The van der Waals surface area contributed by atoms with Crippen molar-refractivity contribution in [2.45, 2.75) is 13.5 Å². The molecule has 5 heteroatoms. The molecule has 66 valence electrons. The van der Waals surface area contributed by atoms with Crippen LogP contribution >= 0.6 is 11.6 Å². The number of hydrogen-bond acceptors (Lipinski definition) is 4. The lowest BCUT2D eigenvalue weighted by molar-refractivity contribution is 0.269. The van der Waals surface area contributed by atoms with Crippen LogP contribution in [0.3, 0.4) is 0 Å². The van der Waals surface area contributed by atoms with Crippen LogP contribution in [0.4, 0.5) is 0 Å². The first kappa shape index (κ1) is 9.22. The molecule has 4 nitrogen and oxygen atoms in total. The van der Waals surface area contributed by atoms with Crippen molar-refractivity contribution in [3.05, 3.63) is 16.5 Å². The number of rotatable bonds is 2. The smallest absolute Gasteiger partial charge is 0.225 e. The number of aliphatic hydroxyl groups excluding tert-OH is 1. The van der Waals surface area contributed by atoms with Gasteiger partial charge in [0.1, 0.15) is 0 Å². The zero-order valence-electron chi connectivity index (χ0n) is 6.83. The molecule has 0 bridgehead atoms. The van der Waals surface area contributed by atoms with Gasteiger partial charge in [0.05, 0.1) is 25.0 Å². The molecule has 0 amide bonds. The summed E-state index contributed by atoms with van der Waals surface area (Å²) < 4.78 is 4.90. The van der Waals surface area contributed by atoms with Crippen LogP contribution in [-0.4, -0.2) is 22.2 Å². The molecule has 0 spiro atoms. The van der Waals surface area contributed by atoms with Crippen molar-refractivity contribution in [3.8, 4) is 5.88 Å². The Labute approximate surface area is 75.2 Å². The van der Waals surface area contributed by atoms with Crippen LogP contribution in [-0.2, 0) is 6.61 Å². The summed E-state index contributed by atoms with van der Waals surface area (Å²) >= 11 is 5.57. The number of nitrogens with zero attached hydrogens (tertiary/aromatic N) is 2. The van der Waals surface area contributed by atoms with Crippen molar-refractivity contribution < 1.29 is 9.84 Å². The summed E-state index contributed by atoms with van der Waals surface area (Å²) in [4.78, 5) is 7.66. The van der Waals surface area contributed by atoms with E-state index in [9.17, 15) is 0 Å². The van der Waals surface area contributed by atoms with Gasteiger partial charge >= 0.3 is 0 Å². The Morgan fingerprint density at radius 1 is 1.50 bits per heavy atom. The molecule has 1 aromatic heterocycles. The molecule has 0 radical (unpaired) electrons. The van der Waals surface area contributed by atoms with Crippen LogP contribution in [0.5, 0.6) is 5.88 Å². The molecule has 0 saturated heterocycles. The Morgan fingerprint density at radius 2 is 2.17 bits per heavy atom. The fourth-order valence-electron chi connectivity index (χ4n) is 0.888. The van der Waals surface area contributed by atoms with Crippen molar-refractivity contribution in [2.75, 3.05) is 7.11 Å². The maximum Gasteiger partial charge on any atom is 0.225 e. The van der Waals surface area contributed by atoms with Crippen LogP contribution in [0.15, 0.2) is 0 Å². The highest BCUT2D eigenvalue weighted by molar-refractivity contribution is 6.28. The molecular formula is C7H9ClN2O2. The van der Waals surface area contributed by atoms with Crippen LogP contribution in [0.25, 0.3) is 0 Å². The van der Waals surface area contributed by atoms with Crippen molar-refractivity contribution in [2.24, 2.45) is 0 Å². The maximum absolute atomic E-state index is 8.92. The Balaban J connectivity index is 3.24. The van der Waals surface area contributed by atoms with Gasteiger partial charge in [-0.15, -0.1) is 0 Å². The predicted octanol–water partition coefficient (Wildman–Crippen LogP) is 0.939. The third-order valence-corrected chi connectivity index (χ3v) is 1.67. The molecular weight excluding hydrogens is 180 g/mol. The first-order valence-electron chi connectivity index (χ1n) is 3.37. The minimum Gasteiger partial charge on any atom is -0.481 e. The van der Waals surface area contributed by atoms with E-state index >= 15 is 0 Å². The second kappa shape index (κ2) is 3.69. The van der Waals surface area contributed by atoms with Gasteiger partial charge in [0.15, 0.2) is 0 Å². The molecule has 0 saturated carbocycles. The minimum atomic E-state index is -0.147. The maximum atomic E-state index is 8.92. The summed E-state index contributed by atoms with van der Waals surface area (Å²) in [6.07, 6.45) is 0. The van der Waals surface area contributed by atoms with Gasteiger partial charge in [0.2, 0.25) is 11.2 Å². The largest absolute Gasteiger partial charge is 0.481 e. The topological polar surface area (TPSA) is 55.2 Å². The number of aryl methyl sites for hydroxylation is 1. The van der Waals surface area contributed by atoms with E-state index < -0.39 is 0 Å². The van der Waals surface area contributed by atoms with E-state index in [1.807, 2.05) is 0 Å². The SMILES string of the molecule is COc1nc(Cl)nc(C)c1CO. The van der Waals surface area contributed by atoms with Crippen molar-refractivity contribution >= 4 is 11.6 Å². The highest BCUT2D eigenvalue weighted by Crippen LogP contribution is 2.19. The average molecular weight is 189 g/mol. The van der Waals surface area contributed by atoms with E-state index in [1.54, 1.807) is 6.92 Å². The summed E-state index contributed by atoms with van der Waals surface area (Å²) in [6, 6.07) is 0. The Hall–Kier alpha value is -0.870. The third kappa shape index (κ3) is 1.65. The van der Waals surface area contributed by atoms with Gasteiger partial charge in [-0.3, -0.25) is 0 Å². The molecule has 0 aliphatic carbocycles. The Kier molecular flexibility index (Phi) is 2.83. The third-order valence-electron chi connectivity index (χ3n) is 1.50. The number of halogens is 1. The molecule has 12 heavy (non-hydrogen) atoms. The van der Waals surface area contributed by atoms with E-state index in [0.717, 1.165) is 0 Å². The van der Waals surface area contributed by atoms with Crippen LogP contribution < -0.4 is 4.74 Å². The molecule has 0 aliphatic heterocycles. The van der Waals surface area contributed by atoms with Gasteiger partial charge < -0.3 is 9.84 Å². The first-order valence-corrected chi connectivity index (χ1v) is 3.74. The fourth-order valence-corrected chi connectivity index (χ4v) is 1.09. The van der Waals surface area contributed by atoms with Gasteiger partial charge in [-0.2, -0.15) is 4.98 Å². The number of aromatic nitrogens is 2. The summed E-state index contributed by atoms with van der Waals surface area (Å²) in [5.74, 6) is 0.329. The molecule has 1 heterocycles. The molecule has 0 aliphatic rings. The normalized spacial score (nSPS) is 10.0. The van der Waals surface area contributed by atoms with Gasteiger partial charge in [-0.25, -0.2) is 4.98 Å². The van der Waals surface area contributed by atoms with Gasteiger partial charge in [0, 0.05) is 0 Å². The van der Waals surface area contributed by atoms with Gasteiger partial charge in [-0.05, 0) is 18.5 Å². The van der Waals surface area contributed by atoms with E-state index in [-0.39, 0.29) is 11.9 Å². The number of methoxy groups -OCH3 is 1. The van der Waals surface area contributed by atoms with Crippen LogP contribution in [0.2, 0.25) is 5.28 Å². The molecule has 0 unspecified atom stereocenters. The van der Waals surface area contributed by atoms with Crippen LogP contribution in [0, 0.1) is 6.92 Å². The van der Waals surface area contributed by atoms with E-state index in [4.69, 9.17) is 21.4 Å². The lowest BCUT2D eigenvalue weighted by Crippen LogP contribution is -2.01. The average Bonchev–Trinajstić information content (AvgIpc) is 2.03. The summed E-state index contributed by atoms with van der Waals surface area (Å²) in [5.41, 5.74) is 1.20. The molecule has 1 N–H and O–H groups in total. The lowest BCUT2D eigenvalue weighted by Gasteiger charge is -2.06. The standard InChI is InChI=1S/C7H9ClN2O2/c1-4-5(3-11)6(12-2)10-7(8)9-4/h11H,3H2,1-2H3. The molecule has 0 fully saturated rings. The molecule has 0 aromatic carbocycles. The highest BCUT2D eigenvalue weighted by atomic mass is 35.5. The minimum absolute atomic E-state index is 0.126. The fraction of sp³-hybridized carbons (Fsp3) is 0.429. The first-order chi connectivity index (χ1) is 5.69. The summed E-state index contributed by atoms with van der Waals surface area (Å²) in [7, 11) is 1.47. The Morgan fingerprint density at radius 3 is 2.67 bits per heavy atom. The number of aliphatic hydroxyl groups is 1. The molecule has 0 atom stereocenters. The van der Waals surface area contributed by atoms with E-state index in [2.05, 4.69) is 9.97 Å². The van der Waals surface area contributed by atoms with E-state index in [0.29, 0.717) is 17.1 Å².